The summed E-state index contributed by atoms with van der Waals surface area (Å²) in [6.45, 7) is 4.30. The van der Waals surface area contributed by atoms with Crippen LogP contribution in [0.5, 0.6) is 0 Å². The summed E-state index contributed by atoms with van der Waals surface area (Å²) in [7, 11) is 0. The van der Waals surface area contributed by atoms with Crippen LogP contribution >= 0.6 is 0 Å². The molecule has 138 valence electrons. The zero-order valence-electron chi connectivity index (χ0n) is 15.0. The lowest BCUT2D eigenvalue weighted by atomic mass is 9.78. The van der Waals surface area contributed by atoms with Gasteiger partial charge in [-0.2, -0.15) is 0 Å². The van der Waals surface area contributed by atoms with E-state index in [1.54, 1.807) is 12.4 Å². The highest BCUT2D eigenvalue weighted by atomic mass is 16.5. The second-order valence-electron chi connectivity index (χ2n) is 8.37. The molecular formula is C20H25N3O3. The number of ether oxygens (including phenoxy) is 1. The highest BCUT2D eigenvalue weighted by molar-refractivity contribution is 5.87. The fraction of sp³-hybridized carbons (Fsp3) is 0.650. The molecule has 2 unspecified atom stereocenters. The van der Waals surface area contributed by atoms with Gasteiger partial charge in [-0.05, 0) is 48.8 Å². The zero-order valence-corrected chi connectivity index (χ0v) is 15.0. The first-order chi connectivity index (χ1) is 12.7. The largest absolute Gasteiger partial charge is 0.381 e. The molecule has 0 radical (unpaired) electrons. The Kier molecular flexibility index (Phi) is 3.78. The van der Waals surface area contributed by atoms with E-state index < -0.39 is 0 Å². The van der Waals surface area contributed by atoms with E-state index in [4.69, 9.17) is 4.74 Å². The van der Waals surface area contributed by atoms with Crippen LogP contribution in [0.25, 0.3) is 0 Å². The smallest absolute Gasteiger partial charge is 0.230 e. The van der Waals surface area contributed by atoms with Crippen LogP contribution in [0.15, 0.2) is 24.5 Å². The van der Waals surface area contributed by atoms with Gasteiger partial charge in [0.05, 0.1) is 18.6 Å². The summed E-state index contributed by atoms with van der Waals surface area (Å²) in [5.74, 6) is 1.52. The van der Waals surface area contributed by atoms with E-state index in [2.05, 4.69) is 4.98 Å². The molecule has 2 amide bonds. The number of hydrogen-bond acceptors (Lipinski definition) is 4. The van der Waals surface area contributed by atoms with E-state index in [1.807, 2.05) is 21.9 Å². The normalized spacial score (nSPS) is 35.8. The third-order valence-electron chi connectivity index (χ3n) is 6.85. The predicted molar refractivity (Wildman–Crippen MR) is 93.8 cm³/mol. The molecule has 4 fully saturated rings. The molecular weight excluding hydrogens is 330 g/mol. The Morgan fingerprint density at radius 2 is 1.96 bits per heavy atom. The first-order valence-electron chi connectivity index (χ1n) is 9.73. The topological polar surface area (TPSA) is 62.7 Å². The number of likely N-dealkylation sites (tertiary alicyclic amines) is 2. The molecule has 4 heterocycles. The number of nitrogens with zero attached hydrogens (tertiary/aromatic N) is 3. The van der Waals surface area contributed by atoms with Crippen molar-refractivity contribution in [2.75, 3.05) is 32.8 Å². The highest BCUT2D eigenvalue weighted by Gasteiger charge is 2.60. The van der Waals surface area contributed by atoms with Gasteiger partial charge in [-0.15, -0.1) is 0 Å². The number of fused-ring (bicyclic) bond motifs is 1. The maximum Gasteiger partial charge on any atom is 0.230 e. The average Bonchev–Trinajstić information content (AvgIpc) is 3.00. The van der Waals surface area contributed by atoms with Gasteiger partial charge in [-0.3, -0.25) is 14.6 Å². The van der Waals surface area contributed by atoms with Gasteiger partial charge in [-0.25, -0.2) is 0 Å². The van der Waals surface area contributed by atoms with Gasteiger partial charge in [0.15, 0.2) is 0 Å². The molecule has 0 N–H and O–H groups in total. The summed E-state index contributed by atoms with van der Waals surface area (Å²) >= 11 is 0. The van der Waals surface area contributed by atoms with Crippen molar-refractivity contribution in [2.45, 2.75) is 25.8 Å². The third kappa shape index (κ3) is 2.54. The molecule has 1 aromatic heterocycles. The van der Waals surface area contributed by atoms with Gasteiger partial charge in [0.25, 0.3) is 0 Å². The Hall–Kier alpha value is -1.95. The Labute approximate surface area is 153 Å². The average molecular weight is 355 g/mol. The van der Waals surface area contributed by atoms with Gasteiger partial charge in [0.1, 0.15) is 0 Å². The van der Waals surface area contributed by atoms with Crippen LogP contribution in [-0.4, -0.2) is 59.4 Å². The molecule has 0 bridgehead atoms. The van der Waals surface area contributed by atoms with Gasteiger partial charge in [-0.1, -0.05) is 0 Å². The van der Waals surface area contributed by atoms with Crippen molar-refractivity contribution in [1.82, 2.24) is 14.8 Å². The summed E-state index contributed by atoms with van der Waals surface area (Å²) in [5.41, 5.74) is 0.751. The maximum atomic E-state index is 13.2. The predicted octanol–water partition coefficient (Wildman–Crippen LogP) is 1.32. The first-order valence-corrected chi connectivity index (χ1v) is 9.73. The summed E-state index contributed by atoms with van der Waals surface area (Å²) in [6.07, 6.45) is 6.23. The molecule has 1 spiro atoms. The Morgan fingerprint density at radius 1 is 1.19 bits per heavy atom. The fourth-order valence-electron chi connectivity index (χ4n) is 5.27. The van der Waals surface area contributed by atoms with Crippen LogP contribution in [0.4, 0.5) is 0 Å². The van der Waals surface area contributed by atoms with Crippen molar-refractivity contribution in [2.24, 2.45) is 23.2 Å². The van der Waals surface area contributed by atoms with Crippen molar-refractivity contribution in [3.8, 4) is 0 Å². The standard InChI is InChI=1S/C20H25N3O3/c24-18(17-15-11-26-12-16(15)17)23-8-1-4-20(13-23)5-9-22(19(20)25)10-14-2-6-21-7-3-14/h2-3,6-7,15-17H,1,4-5,8-13H2/t15-,16+,17?,20?. The van der Waals surface area contributed by atoms with Gasteiger partial charge in [0, 0.05) is 44.5 Å². The number of amides is 2. The Balaban J connectivity index is 1.27. The molecule has 0 aromatic carbocycles. The molecule has 3 saturated heterocycles. The van der Waals surface area contributed by atoms with Gasteiger partial charge in [0.2, 0.25) is 11.8 Å². The molecule has 6 nitrogen and oxygen atoms in total. The van der Waals surface area contributed by atoms with Crippen LogP contribution in [0.1, 0.15) is 24.8 Å². The van der Waals surface area contributed by atoms with Crippen LogP contribution < -0.4 is 0 Å². The number of rotatable bonds is 3. The number of pyridine rings is 1. The van der Waals surface area contributed by atoms with Crippen molar-refractivity contribution < 1.29 is 14.3 Å². The van der Waals surface area contributed by atoms with E-state index in [0.29, 0.717) is 24.9 Å². The van der Waals surface area contributed by atoms with E-state index in [1.165, 1.54) is 0 Å². The molecule has 1 aromatic rings. The summed E-state index contributed by atoms with van der Waals surface area (Å²) in [4.78, 5) is 34.1. The molecule has 3 aliphatic heterocycles. The lowest BCUT2D eigenvalue weighted by Crippen LogP contribution is -2.50. The summed E-state index contributed by atoms with van der Waals surface area (Å²) in [6, 6.07) is 3.92. The minimum absolute atomic E-state index is 0.156. The number of carbonyl (C=O) groups is 2. The molecule has 4 aliphatic rings. The number of carbonyl (C=O) groups excluding carboxylic acids is 2. The lowest BCUT2D eigenvalue weighted by molar-refractivity contribution is -0.145. The van der Waals surface area contributed by atoms with E-state index in [0.717, 1.165) is 51.1 Å². The Morgan fingerprint density at radius 3 is 2.73 bits per heavy atom. The molecule has 26 heavy (non-hydrogen) atoms. The van der Waals surface area contributed by atoms with E-state index in [9.17, 15) is 9.59 Å². The first kappa shape index (κ1) is 16.2. The second-order valence-corrected chi connectivity index (χ2v) is 8.37. The minimum atomic E-state index is -0.360. The van der Waals surface area contributed by atoms with Crippen LogP contribution in [-0.2, 0) is 20.9 Å². The summed E-state index contributed by atoms with van der Waals surface area (Å²) in [5, 5.41) is 0. The quantitative estimate of drug-likeness (QED) is 0.820. The number of piperidine rings is 1. The fourth-order valence-corrected chi connectivity index (χ4v) is 5.27. The van der Waals surface area contributed by atoms with Crippen molar-refractivity contribution in [1.29, 1.82) is 0 Å². The van der Waals surface area contributed by atoms with Crippen molar-refractivity contribution in [3.05, 3.63) is 30.1 Å². The molecule has 1 saturated carbocycles. The maximum absolute atomic E-state index is 13.2. The van der Waals surface area contributed by atoms with E-state index in [-0.39, 0.29) is 23.1 Å². The third-order valence-corrected chi connectivity index (χ3v) is 6.85. The van der Waals surface area contributed by atoms with Gasteiger partial charge < -0.3 is 14.5 Å². The van der Waals surface area contributed by atoms with Crippen LogP contribution in [0.2, 0.25) is 0 Å². The van der Waals surface area contributed by atoms with Gasteiger partial charge >= 0.3 is 0 Å². The molecule has 6 heteroatoms. The minimum Gasteiger partial charge on any atom is -0.381 e. The monoisotopic (exact) mass is 355 g/mol. The Bertz CT molecular complexity index is 714. The second kappa shape index (κ2) is 6.05. The zero-order chi connectivity index (χ0) is 17.7. The van der Waals surface area contributed by atoms with Crippen LogP contribution in [0.3, 0.4) is 0 Å². The lowest BCUT2D eigenvalue weighted by Gasteiger charge is -2.39. The number of aromatic nitrogens is 1. The van der Waals surface area contributed by atoms with Crippen molar-refractivity contribution in [3.63, 3.8) is 0 Å². The van der Waals surface area contributed by atoms with E-state index >= 15 is 0 Å². The highest BCUT2D eigenvalue weighted by Crippen LogP contribution is 2.52. The molecule has 4 atom stereocenters. The number of hydrogen-bond donors (Lipinski definition) is 0. The van der Waals surface area contributed by atoms with Crippen LogP contribution in [0, 0.1) is 23.2 Å². The van der Waals surface area contributed by atoms with Crippen molar-refractivity contribution >= 4 is 11.8 Å². The molecule has 1 aliphatic carbocycles. The summed E-state index contributed by atoms with van der Waals surface area (Å²) < 4.78 is 5.42. The SMILES string of the molecule is O=C(C1[C@H]2COC[C@@H]12)N1CCCC2(CCN(Cc3ccncc3)C2=O)C1. The molecule has 5 rings (SSSR count).